The van der Waals surface area contributed by atoms with E-state index in [-0.39, 0.29) is 23.8 Å². The van der Waals surface area contributed by atoms with Gasteiger partial charge in [0.25, 0.3) is 0 Å². The fraction of sp³-hybridized carbons (Fsp3) is 0.529. The maximum absolute atomic E-state index is 13.5. The van der Waals surface area contributed by atoms with E-state index in [0.29, 0.717) is 19.0 Å². The molecule has 0 unspecified atom stereocenters. The first-order valence-electron chi connectivity index (χ1n) is 8.47. The smallest absolute Gasteiger partial charge is 0.142 e. The average Bonchev–Trinajstić information content (AvgIpc) is 3.25. The van der Waals surface area contributed by atoms with Crippen LogP contribution in [0.4, 0.5) is 4.39 Å². The molecule has 1 aromatic heterocycles. The first-order valence-corrected chi connectivity index (χ1v) is 8.85. The fourth-order valence-electron chi connectivity index (χ4n) is 3.15. The van der Waals surface area contributed by atoms with E-state index in [9.17, 15) is 9.50 Å². The lowest BCUT2D eigenvalue weighted by molar-refractivity contribution is 0.0741. The van der Waals surface area contributed by atoms with Crippen molar-refractivity contribution in [3.05, 3.63) is 46.5 Å². The predicted octanol–water partition coefficient (Wildman–Crippen LogP) is 1.87. The number of ether oxygens (including phenoxy) is 1. The number of benzene rings is 1. The lowest BCUT2D eigenvalue weighted by Gasteiger charge is -2.21. The Morgan fingerprint density at radius 3 is 3.00 bits per heavy atom. The van der Waals surface area contributed by atoms with Gasteiger partial charge in [-0.3, -0.25) is 0 Å². The molecule has 25 heavy (non-hydrogen) atoms. The van der Waals surface area contributed by atoms with Gasteiger partial charge in [0, 0.05) is 18.7 Å². The summed E-state index contributed by atoms with van der Waals surface area (Å²) < 4.78 is 21.0. The molecule has 1 aromatic carbocycles. The topological polar surface area (TPSA) is 72.2 Å². The van der Waals surface area contributed by atoms with E-state index in [4.69, 9.17) is 16.3 Å². The molecule has 4 rings (SSSR count). The molecule has 1 saturated carbocycles. The Morgan fingerprint density at radius 2 is 2.24 bits per heavy atom. The monoisotopic (exact) mass is 366 g/mol. The van der Waals surface area contributed by atoms with Crippen LogP contribution in [0.1, 0.15) is 30.0 Å². The Kier molecular flexibility index (Phi) is 4.73. The van der Waals surface area contributed by atoms with Gasteiger partial charge in [0.15, 0.2) is 0 Å². The molecule has 2 aromatic rings. The Morgan fingerprint density at radius 1 is 1.40 bits per heavy atom. The third-order valence-electron chi connectivity index (χ3n) is 4.74. The highest BCUT2D eigenvalue weighted by atomic mass is 35.5. The van der Waals surface area contributed by atoms with Crippen molar-refractivity contribution in [3.63, 3.8) is 0 Å². The zero-order valence-corrected chi connectivity index (χ0v) is 14.4. The predicted molar refractivity (Wildman–Crippen MR) is 89.8 cm³/mol. The molecular weight excluding hydrogens is 347 g/mol. The number of nitrogens with zero attached hydrogens (tertiary/aromatic N) is 3. The minimum absolute atomic E-state index is 0.100. The van der Waals surface area contributed by atoms with Crippen molar-refractivity contribution >= 4 is 11.6 Å². The van der Waals surface area contributed by atoms with E-state index in [1.54, 1.807) is 10.7 Å². The largest absolute Gasteiger partial charge is 0.389 e. The molecule has 0 radical (unpaired) electrons. The first-order chi connectivity index (χ1) is 12.1. The Balaban J connectivity index is 1.38. The van der Waals surface area contributed by atoms with E-state index >= 15 is 0 Å². The maximum atomic E-state index is 13.5. The van der Waals surface area contributed by atoms with Gasteiger partial charge in [-0.2, -0.15) is 0 Å². The van der Waals surface area contributed by atoms with E-state index in [2.05, 4.69) is 15.6 Å². The second kappa shape index (κ2) is 6.99. The summed E-state index contributed by atoms with van der Waals surface area (Å²) in [5.41, 5.74) is 1.79. The maximum Gasteiger partial charge on any atom is 0.142 e. The molecule has 1 aliphatic carbocycles. The molecule has 8 heteroatoms. The second-order valence-corrected chi connectivity index (χ2v) is 7.14. The highest BCUT2D eigenvalue weighted by Crippen LogP contribution is 2.38. The van der Waals surface area contributed by atoms with E-state index in [0.717, 1.165) is 11.3 Å². The number of aliphatic hydroxyl groups is 1. The number of aliphatic hydroxyl groups excluding tert-OH is 1. The average molecular weight is 367 g/mol. The van der Waals surface area contributed by atoms with Gasteiger partial charge in [-0.05, 0) is 30.5 Å². The van der Waals surface area contributed by atoms with Gasteiger partial charge in [0.2, 0.25) is 0 Å². The second-order valence-electron chi connectivity index (χ2n) is 6.73. The number of aromatic nitrogens is 3. The Bertz CT molecular complexity index is 752. The van der Waals surface area contributed by atoms with Crippen molar-refractivity contribution in [3.8, 4) is 0 Å². The number of nitrogens with one attached hydrogen (secondary N) is 1. The van der Waals surface area contributed by atoms with Crippen molar-refractivity contribution in [2.24, 2.45) is 0 Å². The van der Waals surface area contributed by atoms with Gasteiger partial charge in [0.1, 0.15) is 5.82 Å². The van der Waals surface area contributed by atoms with Crippen LogP contribution in [-0.2, 0) is 17.8 Å². The standard InChI is InChI=1S/C17H20ClFN4O2/c18-12-4-1-10(5-13(12)19)6-20-17-15(24)9-25-16(17)8-23-7-14(21-22-23)11-2-3-11/h1,4-5,7,11,15-17,20,24H,2-3,6,8-9H2/t15-,16+,17+/m0/s1. The molecule has 134 valence electrons. The normalized spacial score (nSPS) is 26.3. The molecule has 0 amide bonds. The summed E-state index contributed by atoms with van der Waals surface area (Å²) in [5.74, 6) is 0.105. The van der Waals surface area contributed by atoms with Crippen molar-refractivity contribution in [1.29, 1.82) is 0 Å². The molecule has 2 aliphatic rings. The summed E-state index contributed by atoms with van der Waals surface area (Å²) in [4.78, 5) is 0. The number of halogens is 2. The minimum Gasteiger partial charge on any atom is -0.389 e. The summed E-state index contributed by atoms with van der Waals surface area (Å²) in [5, 5.41) is 21.9. The molecule has 0 bridgehead atoms. The summed E-state index contributed by atoms with van der Waals surface area (Å²) >= 11 is 5.70. The first kappa shape index (κ1) is 16.9. The lowest BCUT2D eigenvalue weighted by Crippen LogP contribution is -2.45. The number of rotatable bonds is 6. The van der Waals surface area contributed by atoms with Crippen molar-refractivity contribution in [2.75, 3.05) is 6.61 Å². The van der Waals surface area contributed by atoms with Crippen molar-refractivity contribution < 1.29 is 14.2 Å². The van der Waals surface area contributed by atoms with Gasteiger partial charge in [0.05, 0.1) is 42.1 Å². The van der Waals surface area contributed by atoms with Gasteiger partial charge in [-0.15, -0.1) is 5.10 Å². The fourth-order valence-corrected chi connectivity index (χ4v) is 3.27. The third-order valence-corrected chi connectivity index (χ3v) is 5.05. The molecule has 2 N–H and O–H groups in total. The van der Waals surface area contributed by atoms with Crippen LogP contribution in [0.25, 0.3) is 0 Å². The van der Waals surface area contributed by atoms with Gasteiger partial charge in [-0.25, -0.2) is 9.07 Å². The lowest BCUT2D eigenvalue weighted by atomic mass is 10.1. The third kappa shape index (κ3) is 3.84. The van der Waals surface area contributed by atoms with Crippen LogP contribution in [0.3, 0.4) is 0 Å². The molecule has 6 nitrogen and oxygen atoms in total. The Hall–Kier alpha value is -1.54. The van der Waals surface area contributed by atoms with E-state index < -0.39 is 11.9 Å². The van der Waals surface area contributed by atoms with Crippen LogP contribution in [0, 0.1) is 5.82 Å². The van der Waals surface area contributed by atoms with Crippen LogP contribution >= 0.6 is 11.6 Å². The van der Waals surface area contributed by atoms with E-state index in [1.807, 2.05) is 6.20 Å². The van der Waals surface area contributed by atoms with Crippen molar-refractivity contribution in [2.45, 2.75) is 50.1 Å². The van der Waals surface area contributed by atoms with Crippen LogP contribution < -0.4 is 5.32 Å². The summed E-state index contributed by atoms with van der Waals surface area (Å²) in [7, 11) is 0. The molecule has 1 aliphatic heterocycles. The number of hydrogen-bond acceptors (Lipinski definition) is 5. The highest BCUT2D eigenvalue weighted by Gasteiger charge is 2.36. The van der Waals surface area contributed by atoms with Gasteiger partial charge < -0.3 is 15.2 Å². The molecule has 3 atom stereocenters. The highest BCUT2D eigenvalue weighted by molar-refractivity contribution is 6.30. The molecule has 1 saturated heterocycles. The van der Waals surface area contributed by atoms with Gasteiger partial charge >= 0.3 is 0 Å². The van der Waals surface area contributed by atoms with Crippen LogP contribution in [-0.4, -0.2) is 45.0 Å². The summed E-state index contributed by atoms with van der Waals surface area (Å²) in [6, 6.07) is 4.43. The summed E-state index contributed by atoms with van der Waals surface area (Å²) in [6.45, 7) is 1.20. The van der Waals surface area contributed by atoms with Crippen LogP contribution in [0.15, 0.2) is 24.4 Å². The molecule has 0 spiro atoms. The minimum atomic E-state index is -0.617. The quantitative estimate of drug-likeness (QED) is 0.816. The Labute approximate surface area is 149 Å². The molecule has 2 fully saturated rings. The number of hydrogen-bond donors (Lipinski definition) is 2. The zero-order valence-electron chi connectivity index (χ0n) is 13.6. The molecular formula is C17H20ClFN4O2. The summed E-state index contributed by atoms with van der Waals surface area (Å²) in [6.07, 6.45) is 3.48. The van der Waals surface area contributed by atoms with Gasteiger partial charge in [-0.1, -0.05) is 22.9 Å². The van der Waals surface area contributed by atoms with E-state index in [1.165, 1.54) is 25.0 Å². The molecule has 2 heterocycles. The zero-order chi connectivity index (χ0) is 17.4. The van der Waals surface area contributed by atoms with Crippen LogP contribution in [0.2, 0.25) is 5.02 Å². The SMILES string of the molecule is O[C@H]1CO[C@H](Cn2cc(C3CC3)nn2)[C@@H]1NCc1ccc(Cl)c(F)c1. The van der Waals surface area contributed by atoms with Crippen molar-refractivity contribution in [1.82, 2.24) is 20.3 Å². The van der Waals surface area contributed by atoms with Crippen LogP contribution in [0.5, 0.6) is 0 Å².